The van der Waals surface area contributed by atoms with E-state index in [1.807, 2.05) is 30.3 Å². The number of amides is 2. The van der Waals surface area contributed by atoms with Crippen LogP contribution in [0.5, 0.6) is 0 Å². The highest BCUT2D eigenvalue weighted by Crippen LogP contribution is 2.52. The number of urea groups is 1. The molecule has 1 aliphatic heterocycles. The molecule has 1 heterocycles. The van der Waals surface area contributed by atoms with Gasteiger partial charge in [-0.25, -0.2) is 4.79 Å². The summed E-state index contributed by atoms with van der Waals surface area (Å²) in [5, 5.41) is 5.63. The fourth-order valence-corrected chi connectivity index (χ4v) is 4.81. The van der Waals surface area contributed by atoms with Gasteiger partial charge in [-0.1, -0.05) is 30.3 Å². The minimum absolute atomic E-state index is 0.0768. The van der Waals surface area contributed by atoms with Gasteiger partial charge >= 0.3 is 18.4 Å². The van der Waals surface area contributed by atoms with Crippen LogP contribution in [0.2, 0.25) is 0 Å². The number of carbonyl (C=O) groups excluding carboxylic acids is 1. The maximum Gasteiger partial charge on any atom is 0.416 e. The van der Waals surface area contributed by atoms with Crippen molar-refractivity contribution in [3.8, 4) is 0 Å². The zero-order valence-corrected chi connectivity index (χ0v) is 17.6. The summed E-state index contributed by atoms with van der Waals surface area (Å²) in [7, 11) is 0. The third-order valence-corrected chi connectivity index (χ3v) is 6.39. The number of halogens is 6. The highest BCUT2D eigenvalue weighted by atomic mass is 19.4. The second kappa shape index (κ2) is 7.93. The van der Waals surface area contributed by atoms with Crippen molar-refractivity contribution in [3.05, 3.63) is 70.8 Å². The highest BCUT2D eigenvalue weighted by Gasteiger charge is 2.58. The molecule has 1 spiro atoms. The Balaban J connectivity index is 1.57. The van der Waals surface area contributed by atoms with Gasteiger partial charge in [0.15, 0.2) is 0 Å². The topological polar surface area (TPSA) is 50.4 Å². The number of alkyl halides is 6. The summed E-state index contributed by atoms with van der Waals surface area (Å²) < 4.78 is 85.2. The van der Waals surface area contributed by atoms with Crippen molar-refractivity contribution in [2.75, 3.05) is 13.2 Å². The Morgan fingerprint density at radius 1 is 0.970 bits per heavy atom. The molecule has 2 amide bonds. The zero-order valence-electron chi connectivity index (χ0n) is 17.6. The summed E-state index contributed by atoms with van der Waals surface area (Å²) in [6.45, 7) is 1.95. The van der Waals surface area contributed by atoms with Gasteiger partial charge < -0.3 is 15.4 Å². The lowest BCUT2D eigenvalue weighted by Crippen LogP contribution is -2.63. The maximum atomic E-state index is 13.2. The van der Waals surface area contributed by atoms with Gasteiger partial charge in [-0.05, 0) is 49.1 Å². The fourth-order valence-electron chi connectivity index (χ4n) is 4.81. The Labute approximate surface area is 186 Å². The van der Waals surface area contributed by atoms with E-state index >= 15 is 0 Å². The minimum atomic E-state index is -4.92. The summed E-state index contributed by atoms with van der Waals surface area (Å²) >= 11 is 0. The normalized spacial score (nSPS) is 26.0. The molecule has 2 aliphatic rings. The Hall–Kier alpha value is -2.75. The highest BCUT2D eigenvalue weighted by molar-refractivity contribution is 5.78. The van der Waals surface area contributed by atoms with Crippen LogP contribution in [0, 0.1) is 0 Å². The molecule has 1 saturated heterocycles. The molecule has 1 aliphatic carbocycles. The molecule has 1 saturated carbocycles. The lowest BCUT2D eigenvalue weighted by Gasteiger charge is -2.54. The van der Waals surface area contributed by atoms with E-state index in [2.05, 4.69) is 10.6 Å². The van der Waals surface area contributed by atoms with E-state index < -0.39 is 40.5 Å². The largest absolute Gasteiger partial charge is 0.416 e. The molecule has 33 heavy (non-hydrogen) atoms. The van der Waals surface area contributed by atoms with Crippen LogP contribution < -0.4 is 10.6 Å². The third kappa shape index (κ3) is 4.66. The number of nitrogens with one attached hydrogen (secondary N) is 2. The number of benzene rings is 2. The van der Waals surface area contributed by atoms with Crippen molar-refractivity contribution in [2.24, 2.45) is 0 Å². The van der Waals surface area contributed by atoms with Gasteiger partial charge in [0.25, 0.3) is 0 Å². The van der Waals surface area contributed by atoms with Crippen LogP contribution in [0.4, 0.5) is 31.1 Å². The number of carbonyl (C=O) groups is 1. The van der Waals surface area contributed by atoms with E-state index in [4.69, 9.17) is 4.74 Å². The monoisotopic (exact) mass is 472 g/mol. The fraction of sp³-hybridized carbons (Fsp3) is 0.435. The molecular formula is C23H22F6N2O2. The molecule has 1 atom stereocenters. The molecule has 2 aromatic rings. The van der Waals surface area contributed by atoms with E-state index in [1.54, 1.807) is 0 Å². The van der Waals surface area contributed by atoms with Crippen molar-refractivity contribution >= 4 is 6.03 Å². The standard InChI is InChI=1S/C23H22F6N2O2/c1-14(15-7-17(22(24,25)26)9-18(8-15)23(27,28)29)33-13-20(16-5-3-2-4-6-16)10-21(11-20)12-30-19(32)31-21/h2-9,14H,10-13H2,1H3,(H2,30,31,32)/t14-,20-,21+/m1/s1. The van der Waals surface area contributed by atoms with Gasteiger partial charge in [0.1, 0.15) is 0 Å². The van der Waals surface area contributed by atoms with Crippen molar-refractivity contribution in [1.82, 2.24) is 10.6 Å². The van der Waals surface area contributed by atoms with Crippen LogP contribution in [0.15, 0.2) is 48.5 Å². The summed E-state index contributed by atoms with van der Waals surface area (Å²) in [4.78, 5) is 11.6. The number of hydrogen-bond donors (Lipinski definition) is 2. The van der Waals surface area contributed by atoms with Crippen LogP contribution >= 0.6 is 0 Å². The van der Waals surface area contributed by atoms with E-state index in [0.29, 0.717) is 31.5 Å². The van der Waals surface area contributed by atoms with E-state index in [0.717, 1.165) is 5.56 Å². The molecule has 4 rings (SSSR count). The van der Waals surface area contributed by atoms with Gasteiger partial charge in [-0.15, -0.1) is 0 Å². The SMILES string of the molecule is C[C@@H](OC[C@]1(c2ccccc2)C[C@]2(CNC(=O)N2)C1)c1cc(C(F)(F)F)cc(C(F)(F)F)c1. The molecule has 0 unspecified atom stereocenters. The first-order chi connectivity index (χ1) is 15.3. The number of rotatable bonds is 5. The minimum Gasteiger partial charge on any atom is -0.373 e. The molecule has 4 nitrogen and oxygen atoms in total. The molecule has 2 N–H and O–H groups in total. The van der Waals surface area contributed by atoms with Gasteiger partial charge in [-0.2, -0.15) is 26.3 Å². The maximum absolute atomic E-state index is 13.2. The molecule has 0 radical (unpaired) electrons. The van der Waals surface area contributed by atoms with E-state index in [-0.39, 0.29) is 24.3 Å². The van der Waals surface area contributed by atoms with Gasteiger partial charge in [0, 0.05) is 12.0 Å². The Morgan fingerprint density at radius 2 is 1.55 bits per heavy atom. The van der Waals surface area contributed by atoms with Crippen molar-refractivity contribution in [1.29, 1.82) is 0 Å². The van der Waals surface area contributed by atoms with Gasteiger partial charge in [0.05, 0.1) is 29.4 Å². The molecular weight excluding hydrogens is 450 g/mol. The molecule has 0 aromatic heterocycles. The second-order valence-corrected chi connectivity index (χ2v) is 8.88. The predicted octanol–water partition coefficient (Wildman–Crippen LogP) is 5.59. The van der Waals surface area contributed by atoms with Crippen LogP contribution in [-0.2, 0) is 22.5 Å². The summed E-state index contributed by atoms with van der Waals surface area (Å²) in [5.74, 6) is 0. The Bertz CT molecular complexity index is 997. The Kier molecular flexibility index (Phi) is 5.63. The quantitative estimate of drug-likeness (QED) is 0.558. The van der Waals surface area contributed by atoms with Crippen molar-refractivity contribution < 1.29 is 35.9 Å². The second-order valence-electron chi connectivity index (χ2n) is 8.88. The van der Waals surface area contributed by atoms with Gasteiger partial charge in [-0.3, -0.25) is 0 Å². The summed E-state index contributed by atoms with van der Waals surface area (Å²) in [6, 6.07) is 10.6. The van der Waals surface area contributed by atoms with E-state index in [9.17, 15) is 31.1 Å². The first-order valence-corrected chi connectivity index (χ1v) is 10.3. The number of ether oxygens (including phenoxy) is 1. The zero-order chi connectivity index (χ0) is 24.1. The smallest absolute Gasteiger partial charge is 0.373 e. The third-order valence-electron chi connectivity index (χ3n) is 6.39. The van der Waals surface area contributed by atoms with Gasteiger partial charge in [0.2, 0.25) is 0 Å². The average molecular weight is 472 g/mol. The Morgan fingerprint density at radius 3 is 2.03 bits per heavy atom. The van der Waals surface area contributed by atoms with Crippen LogP contribution in [-0.4, -0.2) is 24.7 Å². The molecule has 0 bridgehead atoms. The van der Waals surface area contributed by atoms with E-state index in [1.165, 1.54) is 6.92 Å². The van der Waals surface area contributed by atoms with Crippen LogP contribution in [0.25, 0.3) is 0 Å². The first-order valence-electron chi connectivity index (χ1n) is 10.3. The van der Waals surface area contributed by atoms with Crippen LogP contribution in [0.1, 0.15) is 48.1 Å². The van der Waals surface area contributed by atoms with Crippen LogP contribution in [0.3, 0.4) is 0 Å². The predicted molar refractivity (Wildman–Crippen MR) is 107 cm³/mol. The van der Waals surface area contributed by atoms with Crippen molar-refractivity contribution in [2.45, 2.75) is 49.2 Å². The molecule has 2 fully saturated rings. The average Bonchev–Trinajstić information content (AvgIpc) is 3.11. The lowest BCUT2D eigenvalue weighted by molar-refractivity contribution is -0.143. The molecule has 178 valence electrons. The number of hydrogen-bond acceptors (Lipinski definition) is 2. The summed E-state index contributed by atoms with van der Waals surface area (Å²) in [5.41, 5.74) is -2.98. The lowest BCUT2D eigenvalue weighted by atomic mass is 9.55. The molecule has 10 heteroatoms. The first kappa shape index (κ1) is 23.4. The summed E-state index contributed by atoms with van der Waals surface area (Å²) in [6.07, 6.45) is -9.79. The van der Waals surface area contributed by atoms with Crippen molar-refractivity contribution in [3.63, 3.8) is 0 Å². The molecule has 2 aromatic carbocycles.